The van der Waals surface area contributed by atoms with Crippen LogP contribution in [-0.4, -0.2) is 26.9 Å². The van der Waals surface area contributed by atoms with Crippen molar-refractivity contribution >= 4 is 19.7 Å². The molecule has 1 aliphatic rings. The predicted octanol–water partition coefficient (Wildman–Crippen LogP) is 1.12. The molecule has 5 heteroatoms. The van der Waals surface area contributed by atoms with Crippen LogP contribution < -0.4 is 0 Å². The zero-order valence-electron chi connectivity index (χ0n) is 6.29. The van der Waals surface area contributed by atoms with E-state index in [1.165, 1.54) is 7.11 Å². The summed E-state index contributed by atoms with van der Waals surface area (Å²) < 4.78 is 26.8. The Bertz CT molecular complexity index is 224. The predicted molar refractivity (Wildman–Crippen MR) is 43.2 cm³/mol. The van der Waals surface area contributed by atoms with E-state index in [0.717, 1.165) is 12.8 Å². The average Bonchev–Trinajstić information content (AvgIpc) is 2.31. The Balaban J connectivity index is 2.72. The summed E-state index contributed by atoms with van der Waals surface area (Å²) in [7, 11) is 3.31. The van der Waals surface area contributed by atoms with Crippen molar-refractivity contribution in [2.24, 2.45) is 0 Å². The minimum Gasteiger partial charge on any atom is -0.380 e. The lowest BCUT2D eigenvalue weighted by Crippen LogP contribution is -2.27. The van der Waals surface area contributed by atoms with Gasteiger partial charge in [0, 0.05) is 17.8 Å². The standard InChI is InChI=1S/C6H11ClO3S/c1-10-5-3-2-4-6(5)11(7,8)9/h5-6H,2-4H2,1H3. The summed E-state index contributed by atoms with van der Waals surface area (Å²) in [5.41, 5.74) is 0. The first-order valence-electron chi connectivity index (χ1n) is 3.52. The van der Waals surface area contributed by atoms with Gasteiger partial charge in [-0.1, -0.05) is 0 Å². The molecule has 0 aliphatic heterocycles. The second kappa shape index (κ2) is 3.29. The van der Waals surface area contributed by atoms with Crippen LogP contribution in [0, 0.1) is 0 Å². The quantitative estimate of drug-likeness (QED) is 0.625. The molecule has 1 aliphatic carbocycles. The van der Waals surface area contributed by atoms with Crippen LogP contribution >= 0.6 is 10.7 Å². The van der Waals surface area contributed by atoms with Gasteiger partial charge in [-0.3, -0.25) is 0 Å². The summed E-state index contributed by atoms with van der Waals surface area (Å²) in [6.07, 6.45) is 2.12. The van der Waals surface area contributed by atoms with Crippen LogP contribution in [0.3, 0.4) is 0 Å². The highest BCUT2D eigenvalue weighted by Crippen LogP contribution is 2.29. The Labute approximate surface area is 71.1 Å². The monoisotopic (exact) mass is 198 g/mol. The number of hydrogen-bond donors (Lipinski definition) is 0. The van der Waals surface area contributed by atoms with E-state index in [1.807, 2.05) is 0 Å². The van der Waals surface area contributed by atoms with Gasteiger partial charge in [0.15, 0.2) is 0 Å². The minimum atomic E-state index is -3.42. The minimum absolute atomic E-state index is 0.197. The van der Waals surface area contributed by atoms with Gasteiger partial charge in [0.1, 0.15) is 5.25 Å². The van der Waals surface area contributed by atoms with Crippen molar-refractivity contribution < 1.29 is 13.2 Å². The lowest BCUT2D eigenvalue weighted by atomic mass is 10.3. The van der Waals surface area contributed by atoms with Crippen molar-refractivity contribution in [1.82, 2.24) is 0 Å². The fourth-order valence-electron chi connectivity index (χ4n) is 1.48. The molecule has 0 heterocycles. The molecule has 0 amide bonds. The molecule has 0 aromatic rings. The molecule has 0 radical (unpaired) electrons. The van der Waals surface area contributed by atoms with Gasteiger partial charge in [-0.05, 0) is 19.3 Å². The second-order valence-electron chi connectivity index (χ2n) is 2.72. The largest absolute Gasteiger partial charge is 0.380 e. The molecule has 0 saturated heterocycles. The molecule has 0 N–H and O–H groups in total. The van der Waals surface area contributed by atoms with Crippen molar-refractivity contribution in [2.75, 3.05) is 7.11 Å². The zero-order chi connectivity index (χ0) is 8.48. The van der Waals surface area contributed by atoms with Gasteiger partial charge in [0.05, 0.1) is 6.10 Å². The van der Waals surface area contributed by atoms with E-state index < -0.39 is 14.3 Å². The number of halogens is 1. The maximum atomic E-state index is 10.9. The second-order valence-corrected chi connectivity index (χ2v) is 5.57. The van der Waals surface area contributed by atoms with Crippen molar-refractivity contribution in [2.45, 2.75) is 30.6 Å². The lowest BCUT2D eigenvalue weighted by Gasteiger charge is -2.13. The van der Waals surface area contributed by atoms with Gasteiger partial charge < -0.3 is 4.74 Å². The SMILES string of the molecule is COC1CCCC1S(=O)(=O)Cl. The first kappa shape index (κ1) is 9.29. The smallest absolute Gasteiger partial charge is 0.238 e. The van der Waals surface area contributed by atoms with E-state index in [2.05, 4.69) is 0 Å². The number of rotatable bonds is 2. The Hall–Kier alpha value is 0.200. The molecule has 2 atom stereocenters. The van der Waals surface area contributed by atoms with Crippen LogP contribution in [0.4, 0.5) is 0 Å². The summed E-state index contributed by atoms with van der Waals surface area (Å²) in [5, 5.41) is -0.492. The lowest BCUT2D eigenvalue weighted by molar-refractivity contribution is 0.111. The van der Waals surface area contributed by atoms with Crippen LogP contribution in [0.1, 0.15) is 19.3 Å². The van der Waals surface area contributed by atoms with Gasteiger partial charge in [-0.2, -0.15) is 0 Å². The molecular weight excluding hydrogens is 188 g/mol. The fraction of sp³-hybridized carbons (Fsp3) is 1.00. The molecule has 3 nitrogen and oxygen atoms in total. The zero-order valence-corrected chi connectivity index (χ0v) is 7.86. The molecule has 0 spiro atoms. The molecule has 0 aromatic carbocycles. The molecule has 2 unspecified atom stereocenters. The summed E-state index contributed by atoms with van der Waals surface area (Å²) >= 11 is 0. The van der Waals surface area contributed by atoms with Crippen LogP contribution in [0.25, 0.3) is 0 Å². The van der Waals surface area contributed by atoms with Crippen molar-refractivity contribution in [1.29, 1.82) is 0 Å². The van der Waals surface area contributed by atoms with Crippen LogP contribution in [0.2, 0.25) is 0 Å². The maximum absolute atomic E-state index is 10.9. The highest BCUT2D eigenvalue weighted by atomic mass is 35.7. The normalized spacial score (nSPS) is 32.5. The van der Waals surface area contributed by atoms with Crippen LogP contribution in [-0.2, 0) is 13.8 Å². The molecule has 1 fully saturated rings. The van der Waals surface area contributed by atoms with E-state index in [0.29, 0.717) is 6.42 Å². The van der Waals surface area contributed by atoms with Crippen molar-refractivity contribution in [3.63, 3.8) is 0 Å². The molecule has 11 heavy (non-hydrogen) atoms. The van der Waals surface area contributed by atoms with Crippen LogP contribution in [0.5, 0.6) is 0 Å². The fourth-order valence-corrected chi connectivity index (χ4v) is 3.15. The van der Waals surface area contributed by atoms with Gasteiger partial charge in [-0.25, -0.2) is 8.42 Å². The van der Waals surface area contributed by atoms with Gasteiger partial charge in [0.25, 0.3) is 0 Å². The molecule has 1 rings (SSSR count). The summed E-state index contributed by atoms with van der Waals surface area (Å²) in [4.78, 5) is 0. The van der Waals surface area contributed by atoms with E-state index in [4.69, 9.17) is 15.4 Å². The average molecular weight is 199 g/mol. The highest BCUT2D eigenvalue weighted by molar-refractivity contribution is 8.14. The van der Waals surface area contributed by atoms with Crippen LogP contribution in [0.15, 0.2) is 0 Å². The summed E-state index contributed by atoms with van der Waals surface area (Å²) in [5.74, 6) is 0. The first-order chi connectivity index (χ1) is 5.05. The Kier molecular flexibility index (Phi) is 2.78. The molecule has 1 saturated carbocycles. The van der Waals surface area contributed by atoms with Gasteiger partial charge >= 0.3 is 0 Å². The van der Waals surface area contributed by atoms with E-state index in [-0.39, 0.29) is 6.10 Å². The van der Waals surface area contributed by atoms with E-state index in [9.17, 15) is 8.42 Å². The molecule has 0 aromatic heterocycles. The maximum Gasteiger partial charge on any atom is 0.238 e. The third-order valence-electron chi connectivity index (χ3n) is 2.06. The number of hydrogen-bond acceptors (Lipinski definition) is 3. The summed E-state index contributed by atoms with van der Waals surface area (Å²) in [6, 6.07) is 0. The summed E-state index contributed by atoms with van der Waals surface area (Å²) in [6.45, 7) is 0. The molecule has 66 valence electrons. The van der Waals surface area contributed by atoms with Crippen molar-refractivity contribution in [3.05, 3.63) is 0 Å². The third-order valence-corrected chi connectivity index (χ3v) is 4.01. The van der Waals surface area contributed by atoms with Gasteiger partial charge in [-0.15, -0.1) is 0 Å². The Morgan fingerprint density at radius 2 is 2.09 bits per heavy atom. The highest BCUT2D eigenvalue weighted by Gasteiger charge is 2.36. The van der Waals surface area contributed by atoms with E-state index in [1.54, 1.807) is 0 Å². The van der Waals surface area contributed by atoms with Crippen molar-refractivity contribution in [3.8, 4) is 0 Å². The van der Waals surface area contributed by atoms with E-state index >= 15 is 0 Å². The number of ether oxygens (including phenoxy) is 1. The molecule has 0 bridgehead atoms. The Morgan fingerprint density at radius 3 is 2.45 bits per heavy atom. The molecular formula is C6H11ClO3S. The Morgan fingerprint density at radius 1 is 1.45 bits per heavy atom. The van der Waals surface area contributed by atoms with Gasteiger partial charge in [0.2, 0.25) is 9.05 Å². The number of methoxy groups -OCH3 is 1. The topological polar surface area (TPSA) is 43.4 Å². The third kappa shape index (κ3) is 2.07. The first-order valence-corrected chi connectivity index (χ1v) is 5.89.